The van der Waals surface area contributed by atoms with Gasteiger partial charge in [-0.1, -0.05) is 0 Å². The minimum absolute atomic E-state index is 0.782. The van der Waals surface area contributed by atoms with Gasteiger partial charge in [-0.15, -0.1) is 0 Å². The van der Waals surface area contributed by atoms with Crippen molar-refractivity contribution in [2.75, 3.05) is 17.6 Å². The van der Waals surface area contributed by atoms with Gasteiger partial charge >= 0.3 is 0 Å². The average Bonchev–Trinajstić information content (AvgIpc) is 2.77. The molecule has 1 aromatic rings. The van der Waals surface area contributed by atoms with E-state index in [0.717, 1.165) is 17.7 Å². The summed E-state index contributed by atoms with van der Waals surface area (Å²) >= 11 is 4.36. The molecule has 1 fully saturated rings. The van der Waals surface area contributed by atoms with Crippen LogP contribution in [-0.2, 0) is 7.05 Å². The van der Waals surface area contributed by atoms with Crippen molar-refractivity contribution in [3.05, 3.63) is 9.90 Å². The Bertz CT molecular complexity index is 307. The molecule has 5 heteroatoms. The monoisotopic (exact) mass is 323 g/mol. The molecule has 78 valence electrons. The highest BCUT2D eigenvalue weighted by Crippen LogP contribution is 2.26. The molecule has 2 rings (SSSR count). The summed E-state index contributed by atoms with van der Waals surface area (Å²) in [6.45, 7) is 1.05. The molecule has 1 N–H and O–H groups in total. The molecule has 0 radical (unpaired) electrons. The van der Waals surface area contributed by atoms with Crippen LogP contribution < -0.4 is 5.32 Å². The standard InChI is InChI=1S/C9H14IN3S/c1-13-8(10)6-12-9(13)11-5-7-3-2-4-14-7/h6-7H,2-5H2,1H3,(H,11,12). The highest BCUT2D eigenvalue weighted by atomic mass is 127. The summed E-state index contributed by atoms with van der Waals surface area (Å²) in [4.78, 5) is 4.31. The molecule has 1 aliphatic heterocycles. The van der Waals surface area contributed by atoms with Gasteiger partial charge < -0.3 is 9.88 Å². The summed E-state index contributed by atoms with van der Waals surface area (Å²) in [5.74, 6) is 2.31. The Kier molecular flexibility index (Phi) is 3.59. The second kappa shape index (κ2) is 4.74. The molecule has 0 spiro atoms. The van der Waals surface area contributed by atoms with Crippen molar-refractivity contribution in [2.24, 2.45) is 7.05 Å². The molecule has 1 saturated heterocycles. The van der Waals surface area contributed by atoms with E-state index < -0.39 is 0 Å². The van der Waals surface area contributed by atoms with Crippen LogP contribution in [0.1, 0.15) is 12.8 Å². The molecule has 14 heavy (non-hydrogen) atoms. The number of anilines is 1. The second-order valence-electron chi connectivity index (χ2n) is 3.48. The van der Waals surface area contributed by atoms with Crippen LogP contribution in [0.2, 0.25) is 0 Å². The number of hydrogen-bond acceptors (Lipinski definition) is 3. The van der Waals surface area contributed by atoms with Gasteiger partial charge in [0.15, 0.2) is 0 Å². The Morgan fingerprint density at radius 1 is 1.79 bits per heavy atom. The highest BCUT2D eigenvalue weighted by Gasteiger charge is 2.15. The SMILES string of the molecule is Cn1c(I)cnc1NCC1CCCS1. The molecule has 1 aromatic heterocycles. The molecule has 0 bridgehead atoms. The molecule has 1 atom stereocenters. The number of nitrogens with zero attached hydrogens (tertiary/aromatic N) is 2. The van der Waals surface area contributed by atoms with E-state index in [0.29, 0.717) is 0 Å². The van der Waals surface area contributed by atoms with Gasteiger partial charge in [-0.25, -0.2) is 4.98 Å². The number of hydrogen-bond donors (Lipinski definition) is 1. The average molecular weight is 323 g/mol. The van der Waals surface area contributed by atoms with E-state index >= 15 is 0 Å². The fourth-order valence-electron chi connectivity index (χ4n) is 1.56. The maximum absolute atomic E-state index is 4.31. The quantitative estimate of drug-likeness (QED) is 0.866. The number of thioether (sulfide) groups is 1. The van der Waals surface area contributed by atoms with Crippen molar-refractivity contribution in [1.29, 1.82) is 0 Å². The lowest BCUT2D eigenvalue weighted by molar-refractivity contribution is 0.790. The fraction of sp³-hybridized carbons (Fsp3) is 0.667. The van der Waals surface area contributed by atoms with Gasteiger partial charge in [0, 0.05) is 18.8 Å². The number of imidazole rings is 1. The first-order valence-electron chi connectivity index (χ1n) is 4.80. The van der Waals surface area contributed by atoms with Gasteiger partial charge in [0.1, 0.15) is 3.70 Å². The Morgan fingerprint density at radius 3 is 3.21 bits per heavy atom. The maximum atomic E-state index is 4.31. The Balaban J connectivity index is 1.88. The molecule has 0 aliphatic carbocycles. The van der Waals surface area contributed by atoms with Crippen LogP contribution in [0.15, 0.2) is 6.20 Å². The zero-order chi connectivity index (χ0) is 9.97. The second-order valence-corrected chi connectivity index (χ2v) is 5.99. The normalized spacial score (nSPS) is 21.4. The van der Waals surface area contributed by atoms with Crippen molar-refractivity contribution in [2.45, 2.75) is 18.1 Å². The van der Waals surface area contributed by atoms with Crippen LogP contribution in [0.5, 0.6) is 0 Å². The van der Waals surface area contributed by atoms with Crippen LogP contribution >= 0.6 is 34.4 Å². The molecule has 0 saturated carbocycles. The van der Waals surface area contributed by atoms with E-state index in [2.05, 4.69) is 49.2 Å². The first kappa shape index (κ1) is 10.6. The minimum atomic E-state index is 0.782. The van der Waals surface area contributed by atoms with E-state index in [1.165, 1.54) is 22.3 Å². The molecule has 0 aromatic carbocycles. The third-order valence-corrected chi connectivity index (χ3v) is 4.84. The van der Waals surface area contributed by atoms with Gasteiger partial charge in [-0.3, -0.25) is 0 Å². The van der Waals surface area contributed by atoms with Crippen LogP contribution in [-0.4, -0.2) is 27.1 Å². The first-order valence-corrected chi connectivity index (χ1v) is 6.93. The molecule has 3 nitrogen and oxygen atoms in total. The molecular weight excluding hydrogens is 309 g/mol. The lowest BCUT2D eigenvalue weighted by atomic mass is 10.2. The maximum Gasteiger partial charge on any atom is 0.203 e. The summed E-state index contributed by atoms with van der Waals surface area (Å²) < 4.78 is 3.25. The van der Waals surface area contributed by atoms with Crippen LogP contribution in [0.4, 0.5) is 5.95 Å². The van der Waals surface area contributed by atoms with Crippen LogP contribution in [0, 0.1) is 3.70 Å². The molecule has 1 unspecified atom stereocenters. The minimum Gasteiger partial charge on any atom is -0.355 e. The Labute approximate surface area is 102 Å². The van der Waals surface area contributed by atoms with E-state index in [9.17, 15) is 0 Å². The third-order valence-electron chi connectivity index (χ3n) is 2.44. The van der Waals surface area contributed by atoms with Crippen LogP contribution in [0.3, 0.4) is 0 Å². The van der Waals surface area contributed by atoms with Gasteiger partial charge in [0.05, 0.1) is 6.20 Å². The Hall–Kier alpha value is 0.0900. The summed E-state index contributed by atoms with van der Waals surface area (Å²) in [7, 11) is 2.04. The predicted octanol–water partition coefficient (Wildman–Crippen LogP) is 2.33. The van der Waals surface area contributed by atoms with E-state index in [1.54, 1.807) is 0 Å². The van der Waals surface area contributed by atoms with E-state index in [1.807, 2.05) is 13.2 Å². The van der Waals surface area contributed by atoms with E-state index in [-0.39, 0.29) is 0 Å². The van der Waals surface area contributed by atoms with Gasteiger partial charge in [-0.2, -0.15) is 11.8 Å². The summed E-state index contributed by atoms with van der Waals surface area (Å²) in [5, 5.41) is 4.18. The van der Waals surface area contributed by atoms with Crippen molar-refractivity contribution in [3.8, 4) is 0 Å². The summed E-state index contributed by atoms with van der Waals surface area (Å²) in [5.41, 5.74) is 0. The zero-order valence-corrected chi connectivity index (χ0v) is 11.1. The highest BCUT2D eigenvalue weighted by molar-refractivity contribution is 14.1. The van der Waals surface area contributed by atoms with E-state index in [4.69, 9.17) is 0 Å². The topological polar surface area (TPSA) is 29.9 Å². The number of aromatic nitrogens is 2. The fourth-order valence-corrected chi connectivity index (χ4v) is 3.13. The summed E-state index contributed by atoms with van der Waals surface area (Å²) in [6, 6.07) is 0. The van der Waals surface area contributed by atoms with Gasteiger partial charge in [0.2, 0.25) is 5.95 Å². The molecule has 2 heterocycles. The number of nitrogens with one attached hydrogen (secondary N) is 1. The first-order chi connectivity index (χ1) is 6.77. The van der Waals surface area contributed by atoms with Crippen molar-refractivity contribution in [3.63, 3.8) is 0 Å². The van der Waals surface area contributed by atoms with Crippen molar-refractivity contribution in [1.82, 2.24) is 9.55 Å². The van der Waals surface area contributed by atoms with Gasteiger partial charge in [-0.05, 0) is 41.2 Å². The Morgan fingerprint density at radius 2 is 2.64 bits per heavy atom. The lowest BCUT2D eigenvalue weighted by Gasteiger charge is -2.10. The van der Waals surface area contributed by atoms with Gasteiger partial charge in [0.25, 0.3) is 0 Å². The predicted molar refractivity (Wildman–Crippen MR) is 69.9 cm³/mol. The van der Waals surface area contributed by atoms with Crippen molar-refractivity contribution >= 4 is 40.3 Å². The molecule has 1 aliphatic rings. The number of halogens is 1. The smallest absolute Gasteiger partial charge is 0.203 e. The molecular formula is C9H14IN3S. The lowest BCUT2D eigenvalue weighted by Crippen LogP contribution is -2.16. The largest absolute Gasteiger partial charge is 0.355 e. The number of rotatable bonds is 3. The summed E-state index contributed by atoms with van der Waals surface area (Å²) in [6.07, 6.45) is 4.61. The zero-order valence-electron chi connectivity index (χ0n) is 8.16. The third kappa shape index (κ3) is 2.36. The van der Waals surface area contributed by atoms with Crippen LogP contribution in [0.25, 0.3) is 0 Å². The van der Waals surface area contributed by atoms with Crippen molar-refractivity contribution < 1.29 is 0 Å². The molecule has 0 amide bonds.